The Kier molecular flexibility index (Phi) is 2.99. The molecule has 0 unspecified atom stereocenters. The summed E-state index contributed by atoms with van der Waals surface area (Å²) < 4.78 is 25.2. The first-order valence-electron chi connectivity index (χ1n) is 4.32. The first kappa shape index (κ1) is 10.8. The lowest BCUT2D eigenvalue weighted by molar-refractivity contribution is 0.0694. The van der Waals surface area contributed by atoms with Crippen molar-refractivity contribution in [2.75, 3.05) is 0 Å². The molecule has 14 heavy (non-hydrogen) atoms. The van der Waals surface area contributed by atoms with Crippen LogP contribution < -0.4 is 0 Å². The zero-order chi connectivity index (χ0) is 10.8. The average molecular weight is 198 g/mol. The Morgan fingerprint density at radius 1 is 1.21 bits per heavy atom. The molecule has 3 heteroatoms. The van der Waals surface area contributed by atoms with Gasteiger partial charge in [-0.25, -0.2) is 8.78 Å². The molecule has 0 saturated heterocycles. The van der Waals surface area contributed by atoms with Gasteiger partial charge in [-0.15, -0.1) is 0 Å². The summed E-state index contributed by atoms with van der Waals surface area (Å²) >= 11 is 0. The van der Waals surface area contributed by atoms with Gasteiger partial charge in [-0.3, -0.25) is 4.79 Å². The third-order valence-corrected chi connectivity index (χ3v) is 2.34. The van der Waals surface area contributed by atoms with Crippen molar-refractivity contribution in [2.45, 2.75) is 25.7 Å². The highest BCUT2D eigenvalue weighted by molar-refractivity contribution is 5.74. The molecule has 1 rings (SSSR count). The third kappa shape index (κ3) is 1.97. The normalized spacial score (nSPS) is 11.8. The first-order chi connectivity index (χ1) is 6.48. The van der Waals surface area contributed by atoms with Crippen molar-refractivity contribution in [2.24, 2.45) is 0 Å². The molecule has 0 amide bonds. The van der Waals surface area contributed by atoms with Crippen LogP contribution in [0.4, 0.5) is 8.78 Å². The molecule has 0 bridgehead atoms. The van der Waals surface area contributed by atoms with Gasteiger partial charge in [0.15, 0.2) is 0 Å². The molecule has 0 spiro atoms. The van der Waals surface area contributed by atoms with Crippen molar-refractivity contribution in [3.8, 4) is 0 Å². The third-order valence-electron chi connectivity index (χ3n) is 2.34. The van der Waals surface area contributed by atoms with Crippen LogP contribution in [0.3, 0.4) is 0 Å². The summed E-state index contributed by atoms with van der Waals surface area (Å²) in [5.74, 6) is 0. The van der Waals surface area contributed by atoms with Crippen LogP contribution in [0.5, 0.6) is 0 Å². The second kappa shape index (κ2) is 3.86. The Hall–Kier alpha value is -1.25. The molecule has 1 aromatic carbocycles. The van der Waals surface area contributed by atoms with Gasteiger partial charge in [-0.1, -0.05) is 38.1 Å². The number of rotatable bonds is 3. The van der Waals surface area contributed by atoms with E-state index in [9.17, 15) is 13.6 Å². The van der Waals surface area contributed by atoms with Crippen LogP contribution >= 0.6 is 0 Å². The zero-order valence-corrected chi connectivity index (χ0v) is 8.13. The van der Waals surface area contributed by atoms with Crippen LogP contribution in [0.1, 0.15) is 29.8 Å². The number of carbonyl (C=O) groups is 1. The fourth-order valence-corrected chi connectivity index (χ4v) is 1.12. The summed E-state index contributed by atoms with van der Waals surface area (Å²) in [5, 5.41) is 0. The van der Waals surface area contributed by atoms with Crippen molar-refractivity contribution >= 4 is 6.29 Å². The molecule has 0 aliphatic heterocycles. The Balaban J connectivity index is 3.02. The van der Waals surface area contributed by atoms with Gasteiger partial charge in [0.1, 0.15) is 6.29 Å². The highest BCUT2D eigenvalue weighted by atomic mass is 19.3. The van der Waals surface area contributed by atoms with Crippen LogP contribution in [-0.4, -0.2) is 12.7 Å². The number of hydrogen-bond acceptors (Lipinski definition) is 1. The van der Waals surface area contributed by atoms with Gasteiger partial charge in [-0.2, -0.15) is 0 Å². The highest BCUT2D eigenvalue weighted by Crippen LogP contribution is 2.29. The van der Waals surface area contributed by atoms with Gasteiger partial charge >= 0.3 is 0 Å². The average Bonchev–Trinajstić information content (AvgIpc) is 2.17. The zero-order valence-electron chi connectivity index (χ0n) is 8.13. The van der Waals surface area contributed by atoms with E-state index in [1.54, 1.807) is 24.3 Å². The first-order valence-corrected chi connectivity index (χ1v) is 4.32. The lowest BCUT2D eigenvalue weighted by Crippen LogP contribution is -2.26. The fourth-order valence-electron chi connectivity index (χ4n) is 1.12. The summed E-state index contributed by atoms with van der Waals surface area (Å²) in [6.45, 7) is 2.96. The molecule has 0 aromatic heterocycles. The van der Waals surface area contributed by atoms with Gasteiger partial charge in [0.05, 0.1) is 5.41 Å². The molecular weight excluding hydrogens is 186 g/mol. The molecule has 0 saturated carbocycles. The lowest BCUT2D eigenvalue weighted by atomic mass is 9.85. The summed E-state index contributed by atoms with van der Waals surface area (Å²) in [5.41, 5.74) is -0.126. The fraction of sp³-hybridized carbons (Fsp3) is 0.364. The maximum absolute atomic E-state index is 12.6. The van der Waals surface area contributed by atoms with Crippen LogP contribution in [-0.2, 0) is 5.41 Å². The minimum absolute atomic E-state index is 0.499. The largest absolute Gasteiger partial charge is 0.298 e. The second-order valence-corrected chi connectivity index (χ2v) is 3.76. The number of halogens is 2. The van der Waals surface area contributed by atoms with E-state index in [-0.39, 0.29) is 0 Å². The molecular formula is C11H12F2O. The van der Waals surface area contributed by atoms with Crippen LogP contribution in [0, 0.1) is 0 Å². The van der Waals surface area contributed by atoms with Crippen molar-refractivity contribution < 1.29 is 13.6 Å². The highest BCUT2D eigenvalue weighted by Gasteiger charge is 2.31. The molecule has 0 N–H and O–H groups in total. The molecule has 0 radical (unpaired) electrons. The molecule has 0 aliphatic rings. The van der Waals surface area contributed by atoms with Gasteiger partial charge in [0, 0.05) is 5.56 Å². The molecule has 1 aromatic rings. The van der Waals surface area contributed by atoms with E-state index in [0.717, 1.165) is 0 Å². The van der Waals surface area contributed by atoms with Crippen LogP contribution in [0.15, 0.2) is 24.3 Å². The van der Waals surface area contributed by atoms with Gasteiger partial charge in [0.2, 0.25) is 6.43 Å². The quantitative estimate of drug-likeness (QED) is 0.682. The van der Waals surface area contributed by atoms with Crippen molar-refractivity contribution in [1.29, 1.82) is 0 Å². The minimum Gasteiger partial charge on any atom is -0.298 e. The van der Waals surface area contributed by atoms with Crippen molar-refractivity contribution in [1.82, 2.24) is 0 Å². The topological polar surface area (TPSA) is 17.1 Å². The lowest BCUT2D eigenvalue weighted by Gasteiger charge is -2.23. The molecule has 0 heterocycles. The summed E-state index contributed by atoms with van der Waals surface area (Å²) in [7, 11) is 0. The van der Waals surface area contributed by atoms with E-state index in [1.165, 1.54) is 13.8 Å². The van der Waals surface area contributed by atoms with E-state index in [2.05, 4.69) is 0 Å². The van der Waals surface area contributed by atoms with Crippen LogP contribution in [0.25, 0.3) is 0 Å². The van der Waals surface area contributed by atoms with E-state index in [0.29, 0.717) is 17.4 Å². The summed E-state index contributed by atoms with van der Waals surface area (Å²) in [4.78, 5) is 10.4. The summed E-state index contributed by atoms with van der Waals surface area (Å²) in [6, 6.07) is 6.23. The predicted molar refractivity (Wildman–Crippen MR) is 50.9 cm³/mol. The van der Waals surface area contributed by atoms with E-state index < -0.39 is 11.8 Å². The molecule has 0 aliphatic carbocycles. The number of alkyl halides is 2. The molecule has 76 valence electrons. The Bertz CT molecular complexity index is 315. The van der Waals surface area contributed by atoms with Crippen molar-refractivity contribution in [3.63, 3.8) is 0 Å². The SMILES string of the molecule is CC(C)(c1ccc(C=O)cc1)C(F)F. The second-order valence-electron chi connectivity index (χ2n) is 3.76. The number of aldehydes is 1. The number of hydrogen-bond donors (Lipinski definition) is 0. The molecule has 0 fully saturated rings. The standard InChI is InChI=1S/C11H12F2O/c1-11(2,10(12)13)9-5-3-8(7-14)4-6-9/h3-7,10H,1-2H3. The van der Waals surface area contributed by atoms with Crippen LogP contribution in [0.2, 0.25) is 0 Å². The maximum atomic E-state index is 12.6. The smallest absolute Gasteiger partial charge is 0.247 e. The van der Waals surface area contributed by atoms with Crippen molar-refractivity contribution in [3.05, 3.63) is 35.4 Å². The Labute approximate surface area is 81.7 Å². The van der Waals surface area contributed by atoms with Gasteiger partial charge < -0.3 is 0 Å². The predicted octanol–water partition coefficient (Wildman–Crippen LogP) is 3.04. The minimum atomic E-state index is -2.41. The monoisotopic (exact) mass is 198 g/mol. The van der Waals surface area contributed by atoms with Gasteiger partial charge in [-0.05, 0) is 5.56 Å². The summed E-state index contributed by atoms with van der Waals surface area (Å²) in [6.07, 6.45) is -1.72. The molecule has 0 atom stereocenters. The molecule has 1 nitrogen and oxygen atoms in total. The number of carbonyl (C=O) groups excluding carboxylic acids is 1. The Morgan fingerprint density at radius 2 is 1.71 bits per heavy atom. The number of benzene rings is 1. The van der Waals surface area contributed by atoms with E-state index in [1.807, 2.05) is 0 Å². The van der Waals surface area contributed by atoms with E-state index >= 15 is 0 Å². The van der Waals surface area contributed by atoms with E-state index in [4.69, 9.17) is 0 Å². The van der Waals surface area contributed by atoms with Gasteiger partial charge in [0.25, 0.3) is 0 Å². The maximum Gasteiger partial charge on any atom is 0.247 e. The Morgan fingerprint density at radius 3 is 2.07 bits per heavy atom.